The normalized spacial score (nSPS) is 11.5. The number of benzene rings is 1. The van der Waals surface area contributed by atoms with E-state index in [0.717, 1.165) is 5.56 Å². The zero-order valence-electron chi connectivity index (χ0n) is 13.7. The number of aliphatic hydroxyl groups excluding tert-OH is 1. The van der Waals surface area contributed by atoms with Crippen molar-refractivity contribution in [1.82, 2.24) is 15.6 Å². The Hall–Kier alpha value is -2.80. The van der Waals surface area contributed by atoms with E-state index in [2.05, 4.69) is 15.6 Å². The first-order valence-corrected chi connectivity index (χ1v) is 7.52. The number of aliphatic hydroxyl groups is 1. The van der Waals surface area contributed by atoms with Crippen LogP contribution in [0.5, 0.6) is 17.4 Å². The molecule has 0 aliphatic carbocycles. The molecule has 24 heavy (non-hydrogen) atoms. The fourth-order valence-corrected chi connectivity index (χ4v) is 1.86. The number of aromatic nitrogens is 1. The molecule has 2 aromatic rings. The number of nitrogens with zero attached hydrogens (tertiary/aromatic N) is 1. The van der Waals surface area contributed by atoms with Gasteiger partial charge in [0.25, 0.3) is 0 Å². The predicted octanol–water partition coefficient (Wildman–Crippen LogP) is 2.06. The number of methoxy groups -OCH3 is 1. The number of hydrogen-bond acceptors (Lipinski definition) is 5. The van der Waals surface area contributed by atoms with Gasteiger partial charge in [0.2, 0.25) is 5.88 Å². The van der Waals surface area contributed by atoms with Crippen LogP contribution in [0.1, 0.15) is 12.5 Å². The number of hydrogen-bond donors (Lipinski definition) is 3. The summed E-state index contributed by atoms with van der Waals surface area (Å²) in [5.74, 6) is 1.78. The van der Waals surface area contributed by atoms with Crippen LogP contribution in [-0.2, 0) is 6.54 Å². The summed E-state index contributed by atoms with van der Waals surface area (Å²) in [6.07, 6.45) is 1.63. The Morgan fingerprint density at radius 3 is 2.75 bits per heavy atom. The van der Waals surface area contributed by atoms with Crippen LogP contribution in [-0.4, -0.2) is 35.9 Å². The summed E-state index contributed by atoms with van der Waals surface area (Å²) >= 11 is 0. The lowest BCUT2D eigenvalue weighted by Crippen LogP contribution is -2.41. The fourth-order valence-electron chi connectivity index (χ4n) is 1.86. The zero-order chi connectivity index (χ0) is 17.4. The number of ether oxygens (including phenoxy) is 2. The fraction of sp³-hybridized carbons (Fsp3) is 0.294. The van der Waals surface area contributed by atoms with E-state index in [1.54, 1.807) is 32.4 Å². The van der Waals surface area contributed by atoms with Gasteiger partial charge in [0.15, 0.2) is 0 Å². The molecule has 0 bridgehead atoms. The lowest BCUT2D eigenvalue weighted by Gasteiger charge is -2.12. The molecule has 1 unspecified atom stereocenters. The molecule has 128 valence electrons. The Morgan fingerprint density at radius 2 is 2.08 bits per heavy atom. The molecule has 0 aliphatic rings. The molecule has 1 atom stereocenters. The lowest BCUT2D eigenvalue weighted by atomic mass is 10.3. The van der Waals surface area contributed by atoms with E-state index in [9.17, 15) is 4.79 Å². The minimum absolute atomic E-state index is 0.106. The molecular weight excluding hydrogens is 310 g/mol. The summed E-state index contributed by atoms with van der Waals surface area (Å²) in [6, 6.07) is 10.2. The first kappa shape index (κ1) is 17.6. The Balaban J connectivity index is 1.87. The van der Waals surface area contributed by atoms with Gasteiger partial charge in [0.05, 0.1) is 19.8 Å². The van der Waals surface area contributed by atoms with Gasteiger partial charge in [-0.15, -0.1) is 0 Å². The first-order valence-electron chi connectivity index (χ1n) is 7.52. The molecule has 0 spiro atoms. The van der Waals surface area contributed by atoms with Crippen molar-refractivity contribution in [2.45, 2.75) is 19.5 Å². The monoisotopic (exact) mass is 331 g/mol. The molecule has 2 amide bonds. The third-order valence-electron chi connectivity index (χ3n) is 3.17. The van der Waals surface area contributed by atoms with Gasteiger partial charge in [-0.3, -0.25) is 0 Å². The number of nitrogens with one attached hydrogen (secondary N) is 2. The van der Waals surface area contributed by atoms with Gasteiger partial charge < -0.3 is 25.2 Å². The Kier molecular flexibility index (Phi) is 6.39. The summed E-state index contributed by atoms with van der Waals surface area (Å²) in [4.78, 5) is 15.8. The first-order chi connectivity index (χ1) is 11.6. The van der Waals surface area contributed by atoms with Gasteiger partial charge >= 0.3 is 6.03 Å². The topological polar surface area (TPSA) is 92.7 Å². The Labute approximate surface area is 140 Å². The van der Waals surface area contributed by atoms with E-state index in [1.165, 1.54) is 0 Å². The molecule has 3 N–H and O–H groups in total. The maximum absolute atomic E-state index is 11.6. The van der Waals surface area contributed by atoms with Crippen molar-refractivity contribution in [3.8, 4) is 17.4 Å². The summed E-state index contributed by atoms with van der Waals surface area (Å²) in [6.45, 7) is 1.94. The van der Waals surface area contributed by atoms with Crippen molar-refractivity contribution in [3.63, 3.8) is 0 Å². The molecule has 1 aromatic heterocycles. The summed E-state index contributed by atoms with van der Waals surface area (Å²) in [7, 11) is 1.59. The highest BCUT2D eigenvalue weighted by Gasteiger charge is 2.06. The third-order valence-corrected chi connectivity index (χ3v) is 3.17. The van der Waals surface area contributed by atoms with Crippen LogP contribution in [0.2, 0.25) is 0 Å². The molecule has 1 aromatic carbocycles. The molecule has 1 heterocycles. The van der Waals surface area contributed by atoms with E-state index in [0.29, 0.717) is 23.9 Å². The van der Waals surface area contributed by atoms with Crippen LogP contribution in [0.3, 0.4) is 0 Å². The smallest absolute Gasteiger partial charge is 0.315 e. The number of carbonyl (C=O) groups excluding carboxylic acids is 1. The quantitative estimate of drug-likeness (QED) is 0.722. The zero-order valence-corrected chi connectivity index (χ0v) is 13.7. The van der Waals surface area contributed by atoms with Gasteiger partial charge in [-0.25, -0.2) is 9.78 Å². The largest absolute Gasteiger partial charge is 0.497 e. The van der Waals surface area contributed by atoms with E-state index >= 15 is 0 Å². The molecule has 0 saturated heterocycles. The van der Waals surface area contributed by atoms with Crippen LogP contribution in [0.15, 0.2) is 42.6 Å². The average Bonchev–Trinajstić information content (AvgIpc) is 2.61. The number of amides is 2. The maximum Gasteiger partial charge on any atom is 0.315 e. The van der Waals surface area contributed by atoms with Crippen molar-refractivity contribution in [2.75, 3.05) is 13.7 Å². The highest BCUT2D eigenvalue weighted by molar-refractivity contribution is 5.74. The van der Waals surface area contributed by atoms with Crippen molar-refractivity contribution in [3.05, 3.63) is 48.2 Å². The average molecular weight is 331 g/mol. The standard InChI is InChI=1S/C17H21N3O4/c1-12(11-21)20-17(22)19-10-13-6-7-16(18-9-13)24-15-5-3-4-14(8-15)23-2/h3-9,12,21H,10-11H2,1-2H3,(H2,19,20,22). The number of rotatable bonds is 7. The highest BCUT2D eigenvalue weighted by Crippen LogP contribution is 2.23. The van der Waals surface area contributed by atoms with E-state index in [4.69, 9.17) is 14.6 Å². The van der Waals surface area contributed by atoms with E-state index < -0.39 is 0 Å². The Bertz CT molecular complexity index is 661. The third kappa shape index (κ3) is 5.44. The Morgan fingerprint density at radius 1 is 1.29 bits per heavy atom. The number of urea groups is 1. The second-order valence-corrected chi connectivity index (χ2v) is 5.20. The maximum atomic E-state index is 11.6. The van der Waals surface area contributed by atoms with Gasteiger partial charge in [0.1, 0.15) is 11.5 Å². The van der Waals surface area contributed by atoms with Crippen molar-refractivity contribution >= 4 is 6.03 Å². The lowest BCUT2D eigenvalue weighted by molar-refractivity contribution is 0.220. The predicted molar refractivity (Wildman–Crippen MR) is 89.2 cm³/mol. The summed E-state index contributed by atoms with van der Waals surface area (Å²) in [5.41, 5.74) is 0.833. The van der Waals surface area contributed by atoms with E-state index in [-0.39, 0.29) is 18.7 Å². The van der Waals surface area contributed by atoms with Gasteiger partial charge in [0, 0.05) is 24.9 Å². The molecule has 7 heteroatoms. The minimum atomic E-state index is -0.340. The van der Waals surface area contributed by atoms with Crippen LogP contribution >= 0.6 is 0 Å². The number of carbonyl (C=O) groups is 1. The van der Waals surface area contributed by atoms with Gasteiger partial charge in [-0.05, 0) is 24.6 Å². The van der Waals surface area contributed by atoms with Crippen molar-refractivity contribution in [1.29, 1.82) is 0 Å². The summed E-state index contributed by atoms with van der Waals surface area (Å²) < 4.78 is 10.8. The molecule has 7 nitrogen and oxygen atoms in total. The molecular formula is C17H21N3O4. The highest BCUT2D eigenvalue weighted by atomic mass is 16.5. The van der Waals surface area contributed by atoms with Crippen molar-refractivity contribution in [2.24, 2.45) is 0 Å². The SMILES string of the molecule is COc1cccc(Oc2ccc(CNC(=O)NC(C)CO)cn2)c1. The molecule has 0 fully saturated rings. The van der Waals surface area contributed by atoms with Crippen LogP contribution in [0.4, 0.5) is 4.79 Å². The molecule has 0 aliphatic heterocycles. The van der Waals surface area contributed by atoms with Crippen LogP contribution in [0.25, 0.3) is 0 Å². The molecule has 2 rings (SSSR count). The van der Waals surface area contributed by atoms with E-state index in [1.807, 2.05) is 24.3 Å². The number of pyridine rings is 1. The minimum Gasteiger partial charge on any atom is -0.497 e. The second kappa shape index (κ2) is 8.73. The summed E-state index contributed by atoms with van der Waals surface area (Å²) in [5, 5.41) is 14.2. The van der Waals surface area contributed by atoms with Gasteiger partial charge in [-0.2, -0.15) is 0 Å². The molecule has 0 saturated carbocycles. The van der Waals surface area contributed by atoms with Crippen LogP contribution in [0, 0.1) is 0 Å². The van der Waals surface area contributed by atoms with Gasteiger partial charge in [-0.1, -0.05) is 12.1 Å². The van der Waals surface area contributed by atoms with Crippen LogP contribution < -0.4 is 20.1 Å². The van der Waals surface area contributed by atoms with Crippen molar-refractivity contribution < 1.29 is 19.4 Å². The second-order valence-electron chi connectivity index (χ2n) is 5.20. The molecule has 0 radical (unpaired) electrons.